The van der Waals surface area contributed by atoms with Gasteiger partial charge in [-0.15, -0.1) is 22.7 Å². The van der Waals surface area contributed by atoms with E-state index in [1.807, 2.05) is 16.8 Å². The van der Waals surface area contributed by atoms with Crippen LogP contribution in [0.25, 0.3) is 9.88 Å². The molecule has 3 rings (SSSR count). The molecule has 2 amide bonds. The van der Waals surface area contributed by atoms with Crippen molar-refractivity contribution in [2.45, 2.75) is 13.3 Å². The fourth-order valence-corrected chi connectivity index (χ4v) is 4.51. The molecule has 2 N–H and O–H groups in total. The molecule has 0 spiro atoms. The number of halogens is 2. The van der Waals surface area contributed by atoms with Crippen LogP contribution in [0.15, 0.2) is 39.5 Å². The van der Waals surface area contributed by atoms with Gasteiger partial charge in [0, 0.05) is 27.8 Å². The SMILES string of the molecule is CC(=O)Nc1cc(NC(=O)Cc2csc(-c3cc(Br)cs3)n2)ccc1F. The van der Waals surface area contributed by atoms with E-state index in [9.17, 15) is 14.0 Å². The van der Waals surface area contributed by atoms with E-state index in [4.69, 9.17) is 0 Å². The Bertz CT molecular complexity index is 971. The third-order valence-corrected chi connectivity index (χ3v) is 5.98. The molecule has 0 saturated carbocycles. The molecule has 2 aromatic heterocycles. The molecular formula is C17H13BrFN3O2S2. The van der Waals surface area contributed by atoms with Crippen LogP contribution < -0.4 is 10.6 Å². The van der Waals surface area contributed by atoms with Gasteiger partial charge in [-0.1, -0.05) is 0 Å². The number of carbonyl (C=O) groups excluding carboxylic acids is 2. The largest absolute Gasteiger partial charge is 0.326 e. The number of nitrogens with zero attached hydrogens (tertiary/aromatic N) is 1. The number of thiophene rings is 1. The maximum atomic E-state index is 13.6. The minimum atomic E-state index is -0.565. The molecule has 0 aliphatic heterocycles. The van der Waals surface area contributed by atoms with Crippen LogP contribution >= 0.6 is 38.6 Å². The third-order valence-electron chi connectivity index (χ3n) is 3.23. The van der Waals surface area contributed by atoms with E-state index in [0.29, 0.717) is 11.4 Å². The fraction of sp³-hybridized carbons (Fsp3) is 0.118. The number of hydrogen-bond donors (Lipinski definition) is 2. The Hall–Kier alpha value is -2.10. The number of rotatable bonds is 5. The Morgan fingerprint density at radius 1 is 1.19 bits per heavy atom. The Morgan fingerprint density at radius 3 is 2.69 bits per heavy atom. The van der Waals surface area contributed by atoms with Gasteiger partial charge in [-0.2, -0.15) is 0 Å². The van der Waals surface area contributed by atoms with Crippen molar-refractivity contribution in [2.24, 2.45) is 0 Å². The molecular weight excluding hydrogens is 441 g/mol. The van der Waals surface area contributed by atoms with Crippen molar-refractivity contribution in [2.75, 3.05) is 10.6 Å². The maximum Gasteiger partial charge on any atom is 0.230 e. The highest BCUT2D eigenvalue weighted by Crippen LogP contribution is 2.32. The highest BCUT2D eigenvalue weighted by Gasteiger charge is 2.12. The monoisotopic (exact) mass is 453 g/mol. The van der Waals surface area contributed by atoms with Gasteiger partial charge in [0.1, 0.15) is 10.8 Å². The number of amides is 2. The number of carbonyl (C=O) groups is 2. The second kappa shape index (κ2) is 8.07. The molecule has 9 heteroatoms. The Balaban J connectivity index is 1.66. The van der Waals surface area contributed by atoms with Gasteiger partial charge in [-0.3, -0.25) is 9.59 Å². The van der Waals surface area contributed by atoms with Crippen LogP contribution in [0.3, 0.4) is 0 Å². The molecule has 0 atom stereocenters. The van der Waals surface area contributed by atoms with E-state index in [1.54, 1.807) is 11.3 Å². The van der Waals surface area contributed by atoms with Crippen LogP contribution in [0.2, 0.25) is 0 Å². The van der Waals surface area contributed by atoms with Gasteiger partial charge >= 0.3 is 0 Å². The molecule has 0 bridgehead atoms. The Kier molecular flexibility index (Phi) is 5.80. The Morgan fingerprint density at radius 2 is 2.00 bits per heavy atom. The molecule has 0 aliphatic carbocycles. The predicted molar refractivity (Wildman–Crippen MR) is 106 cm³/mol. The molecule has 2 heterocycles. The Labute approximate surface area is 165 Å². The molecule has 0 radical (unpaired) electrons. The zero-order chi connectivity index (χ0) is 18.7. The number of anilines is 2. The average molecular weight is 454 g/mol. The van der Waals surface area contributed by atoms with Crippen molar-refractivity contribution < 1.29 is 14.0 Å². The standard InChI is InChI=1S/C17H13BrFN3O2S2/c1-9(23)20-14-5-11(2-3-13(14)19)21-16(24)6-12-8-26-17(22-12)15-4-10(18)7-25-15/h2-5,7-8H,6H2,1H3,(H,20,23)(H,21,24). The predicted octanol–water partition coefficient (Wildman–Crippen LogP) is 4.91. The zero-order valence-electron chi connectivity index (χ0n) is 13.5. The van der Waals surface area contributed by atoms with Crippen molar-refractivity contribution in [1.82, 2.24) is 4.98 Å². The summed E-state index contributed by atoms with van der Waals surface area (Å²) in [4.78, 5) is 28.8. The van der Waals surface area contributed by atoms with Crippen LogP contribution in [0.4, 0.5) is 15.8 Å². The summed E-state index contributed by atoms with van der Waals surface area (Å²) in [5, 5.41) is 9.75. The second-order valence-corrected chi connectivity index (χ2v) is 8.06. The van der Waals surface area contributed by atoms with Crippen LogP contribution in [-0.2, 0) is 16.0 Å². The lowest BCUT2D eigenvalue weighted by Gasteiger charge is -2.08. The second-order valence-electron chi connectivity index (χ2n) is 5.37. The lowest BCUT2D eigenvalue weighted by molar-refractivity contribution is -0.116. The van der Waals surface area contributed by atoms with Crippen molar-refractivity contribution in [3.63, 3.8) is 0 Å². The van der Waals surface area contributed by atoms with Gasteiger partial charge in [-0.25, -0.2) is 9.37 Å². The number of thiazole rings is 1. The molecule has 0 fully saturated rings. The van der Waals surface area contributed by atoms with Gasteiger partial charge in [-0.05, 0) is 40.2 Å². The third kappa shape index (κ3) is 4.75. The van der Waals surface area contributed by atoms with Gasteiger partial charge < -0.3 is 10.6 Å². The number of aromatic nitrogens is 1. The van der Waals surface area contributed by atoms with E-state index in [0.717, 1.165) is 14.4 Å². The fourth-order valence-electron chi connectivity index (χ4n) is 2.18. The number of benzene rings is 1. The van der Waals surface area contributed by atoms with E-state index in [1.165, 1.54) is 36.5 Å². The summed E-state index contributed by atoms with van der Waals surface area (Å²) in [5.74, 6) is -1.22. The number of hydrogen-bond acceptors (Lipinski definition) is 5. The van der Waals surface area contributed by atoms with Gasteiger partial charge in [0.05, 0.1) is 22.7 Å². The normalized spacial score (nSPS) is 10.6. The summed E-state index contributed by atoms with van der Waals surface area (Å²) in [5.41, 5.74) is 1.09. The molecule has 0 saturated heterocycles. The van der Waals surface area contributed by atoms with E-state index < -0.39 is 5.82 Å². The first-order valence-electron chi connectivity index (χ1n) is 7.46. The summed E-state index contributed by atoms with van der Waals surface area (Å²) in [7, 11) is 0. The maximum absolute atomic E-state index is 13.6. The van der Waals surface area contributed by atoms with Crippen molar-refractivity contribution >= 4 is 61.8 Å². The first kappa shape index (κ1) is 18.7. The summed E-state index contributed by atoms with van der Waals surface area (Å²) in [6.07, 6.45) is 0.107. The molecule has 5 nitrogen and oxygen atoms in total. The van der Waals surface area contributed by atoms with Crippen molar-refractivity contribution in [1.29, 1.82) is 0 Å². The molecule has 3 aromatic rings. The molecule has 26 heavy (non-hydrogen) atoms. The summed E-state index contributed by atoms with van der Waals surface area (Å²) >= 11 is 6.46. The average Bonchev–Trinajstić information content (AvgIpc) is 3.19. The number of nitrogens with one attached hydrogen (secondary N) is 2. The van der Waals surface area contributed by atoms with Crippen LogP contribution in [0, 0.1) is 5.82 Å². The van der Waals surface area contributed by atoms with E-state index in [-0.39, 0.29) is 23.9 Å². The summed E-state index contributed by atoms with van der Waals surface area (Å²) < 4.78 is 14.6. The first-order chi connectivity index (χ1) is 12.4. The zero-order valence-corrected chi connectivity index (χ0v) is 16.7. The minimum absolute atomic E-state index is 0.0227. The van der Waals surface area contributed by atoms with E-state index in [2.05, 4.69) is 31.5 Å². The molecule has 0 aliphatic rings. The smallest absolute Gasteiger partial charge is 0.230 e. The molecule has 0 unspecified atom stereocenters. The van der Waals surface area contributed by atoms with Crippen molar-refractivity contribution in [3.8, 4) is 9.88 Å². The van der Waals surface area contributed by atoms with E-state index >= 15 is 0 Å². The summed E-state index contributed by atoms with van der Waals surface area (Å²) in [6.45, 7) is 1.29. The summed E-state index contributed by atoms with van der Waals surface area (Å²) in [6, 6.07) is 5.99. The van der Waals surface area contributed by atoms with Gasteiger partial charge in [0.15, 0.2) is 0 Å². The first-order valence-corrected chi connectivity index (χ1v) is 10.0. The van der Waals surface area contributed by atoms with Crippen LogP contribution in [0.5, 0.6) is 0 Å². The highest BCUT2D eigenvalue weighted by molar-refractivity contribution is 9.10. The van der Waals surface area contributed by atoms with Gasteiger partial charge in [0.2, 0.25) is 11.8 Å². The van der Waals surface area contributed by atoms with Crippen LogP contribution in [0.1, 0.15) is 12.6 Å². The highest BCUT2D eigenvalue weighted by atomic mass is 79.9. The quantitative estimate of drug-likeness (QED) is 0.576. The topological polar surface area (TPSA) is 71.1 Å². The molecule has 134 valence electrons. The van der Waals surface area contributed by atoms with Gasteiger partial charge in [0.25, 0.3) is 0 Å². The van der Waals surface area contributed by atoms with Crippen molar-refractivity contribution in [3.05, 3.63) is 51.0 Å². The molecule has 1 aromatic carbocycles. The lowest BCUT2D eigenvalue weighted by atomic mass is 10.2. The minimum Gasteiger partial charge on any atom is -0.326 e. The lowest BCUT2D eigenvalue weighted by Crippen LogP contribution is -2.15. The van der Waals surface area contributed by atoms with Crippen LogP contribution in [-0.4, -0.2) is 16.8 Å².